The fraction of sp³-hybridized carbons (Fsp3) is 0.308. The number of pyridine rings is 2. The van der Waals surface area contributed by atoms with E-state index in [9.17, 15) is 9.59 Å². The Morgan fingerprint density at radius 2 is 1.97 bits per heavy atom. The van der Waals surface area contributed by atoms with E-state index in [1.54, 1.807) is 16.8 Å². The van der Waals surface area contributed by atoms with Gasteiger partial charge >= 0.3 is 0 Å². The summed E-state index contributed by atoms with van der Waals surface area (Å²) in [5, 5.41) is 12.1. The standard InChI is InChI=1S/C26H29N5O3/c1-4-34-14-8-13-30-23(27)20(25(32)28-18(3)19-9-6-5-7-10-19)15-21-24(30)29-22-12-11-17(2)16-31(22)26(21)33/h5-7,9-12,15-16,18,27H,4,8,13-14H2,1-3H3,(H,28,32)/t18-/m1/s1. The Balaban J connectivity index is 1.84. The minimum atomic E-state index is -0.407. The van der Waals surface area contributed by atoms with Crippen LogP contribution in [0.5, 0.6) is 0 Å². The lowest BCUT2D eigenvalue weighted by Gasteiger charge is -2.17. The fourth-order valence-electron chi connectivity index (χ4n) is 4.00. The largest absolute Gasteiger partial charge is 0.382 e. The van der Waals surface area contributed by atoms with Crippen LogP contribution in [0.4, 0.5) is 0 Å². The van der Waals surface area contributed by atoms with E-state index in [1.165, 1.54) is 10.5 Å². The number of rotatable bonds is 8. The van der Waals surface area contributed by atoms with Gasteiger partial charge in [-0.25, -0.2) is 4.98 Å². The number of carbonyl (C=O) groups excluding carboxylic acids is 1. The van der Waals surface area contributed by atoms with Gasteiger partial charge in [0.05, 0.1) is 17.0 Å². The van der Waals surface area contributed by atoms with Gasteiger partial charge in [-0.3, -0.25) is 19.4 Å². The summed E-state index contributed by atoms with van der Waals surface area (Å²) in [6.07, 6.45) is 2.36. The van der Waals surface area contributed by atoms with Crippen LogP contribution in [0.1, 0.15) is 47.8 Å². The third-order valence-electron chi connectivity index (χ3n) is 5.82. The van der Waals surface area contributed by atoms with Gasteiger partial charge in [-0.2, -0.15) is 0 Å². The van der Waals surface area contributed by atoms with E-state index >= 15 is 0 Å². The van der Waals surface area contributed by atoms with Crippen LogP contribution in [0.15, 0.2) is 59.5 Å². The zero-order chi connectivity index (χ0) is 24.2. The number of nitrogens with zero attached hydrogens (tertiary/aromatic N) is 3. The van der Waals surface area contributed by atoms with E-state index in [2.05, 4.69) is 10.3 Å². The van der Waals surface area contributed by atoms with Crippen molar-refractivity contribution in [1.29, 1.82) is 5.41 Å². The highest BCUT2D eigenvalue weighted by Gasteiger charge is 2.19. The molecule has 4 aromatic rings. The summed E-state index contributed by atoms with van der Waals surface area (Å²) < 4.78 is 8.58. The van der Waals surface area contributed by atoms with Gasteiger partial charge in [-0.15, -0.1) is 0 Å². The van der Waals surface area contributed by atoms with E-state index in [1.807, 2.05) is 57.2 Å². The van der Waals surface area contributed by atoms with Gasteiger partial charge in [0.15, 0.2) is 0 Å². The lowest BCUT2D eigenvalue weighted by molar-refractivity contribution is 0.0937. The second-order valence-electron chi connectivity index (χ2n) is 8.30. The normalized spacial score (nSPS) is 12.2. The third-order valence-corrected chi connectivity index (χ3v) is 5.82. The summed E-state index contributed by atoms with van der Waals surface area (Å²) in [6, 6.07) is 14.5. The predicted octanol–water partition coefficient (Wildman–Crippen LogP) is 3.35. The Kier molecular flexibility index (Phi) is 6.88. The molecular weight excluding hydrogens is 430 g/mol. The second-order valence-corrected chi connectivity index (χ2v) is 8.30. The Bertz CT molecular complexity index is 1460. The van der Waals surface area contributed by atoms with E-state index in [-0.39, 0.29) is 22.7 Å². The number of nitrogens with one attached hydrogen (secondary N) is 2. The molecule has 176 valence electrons. The number of fused-ring (bicyclic) bond motifs is 2. The van der Waals surface area contributed by atoms with Crippen LogP contribution in [0.2, 0.25) is 0 Å². The van der Waals surface area contributed by atoms with Gasteiger partial charge in [0.25, 0.3) is 11.5 Å². The van der Waals surface area contributed by atoms with Crippen LogP contribution in [0, 0.1) is 12.3 Å². The summed E-state index contributed by atoms with van der Waals surface area (Å²) >= 11 is 0. The van der Waals surface area contributed by atoms with E-state index in [0.29, 0.717) is 42.9 Å². The van der Waals surface area contributed by atoms with E-state index < -0.39 is 5.91 Å². The smallest absolute Gasteiger partial charge is 0.267 e. The van der Waals surface area contributed by atoms with Crippen molar-refractivity contribution in [2.24, 2.45) is 0 Å². The van der Waals surface area contributed by atoms with Gasteiger partial charge in [0.2, 0.25) is 0 Å². The van der Waals surface area contributed by atoms with Crippen LogP contribution >= 0.6 is 0 Å². The maximum absolute atomic E-state index is 13.4. The van der Waals surface area contributed by atoms with Gasteiger partial charge in [-0.05, 0) is 50.5 Å². The summed E-state index contributed by atoms with van der Waals surface area (Å²) in [6.45, 7) is 7.23. The van der Waals surface area contributed by atoms with Crippen molar-refractivity contribution in [3.63, 3.8) is 0 Å². The molecule has 3 heterocycles. The average molecular weight is 460 g/mol. The molecule has 0 radical (unpaired) electrons. The van der Waals surface area contributed by atoms with Crippen molar-refractivity contribution in [2.45, 2.75) is 39.8 Å². The highest BCUT2D eigenvalue weighted by molar-refractivity contribution is 5.97. The average Bonchev–Trinajstić information content (AvgIpc) is 2.84. The first-order chi connectivity index (χ1) is 16.4. The second kappa shape index (κ2) is 10.0. The van der Waals surface area contributed by atoms with Crippen LogP contribution in [-0.2, 0) is 11.3 Å². The molecule has 2 N–H and O–H groups in total. The van der Waals surface area contributed by atoms with Gasteiger partial charge in [0.1, 0.15) is 16.8 Å². The van der Waals surface area contributed by atoms with Gasteiger partial charge in [0, 0.05) is 26.0 Å². The molecule has 0 unspecified atom stereocenters. The fourth-order valence-corrected chi connectivity index (χ4v) is 4.00. The molecule has 1 atom stereocenters. The van der Waals surface area contributed by atoms with Crippen molar-refractivity contribution in [3.8, 4) is 0 Å². The van der Waals surface area contributed by atoms with Crippen molar-refractivity contribution >= 4 is 22.6 Å². The highest BCUT2D eigenvalue weighted by atomic mass is 16.5. The molecule has 0 aliphatic carbocycles. The van der Waals surface area contributed by atoms with Crippen LogP contribution in [0.3, 0.4) is 0 Å². The Labute approximate surface area is 197 Å². The predicted molar refractivity (Wildman–Crippen MR) is 131 cm³/mol. The molecule has 34 heavy (non-hydrogen) atoms. The number of aromatic nitrogens is 3. The summed E-state index contributed by atoms with van der Waals surface area (Å²) in [7, 11) is 0. The number of amides is 1. The minimum absolute atomic E-state index is 0.0186. The lowest BCUT2D eigenvalue weighted by Crippen LogP contribution is -2.36. The molecule has 0 spiro atoms. The molecule has 4 rings (SSSR count). The van der Waals surface area contributed by atoms with Crippen LogP contribution in [0.25, 0.3) is 16.7 Å². The van der Waals surface area contributed by atoms with Crippen LogP contribution < -0.4 is 16.4 Å². The minimum Gasteiger partial charge on any atom is -0.382 e. The Hall–Kier alpha value is -3.78. The Morgan fingerprint density at radius 3 is 2.71 bits per heavy atom. The molecule has 0 saturated carbocycles. The molecule has 0 aliphatic rings. The molecule has 0 fully saturated rings. The zero-order valence-corrected chi connectivity index (χ0v) is 19.7. The first-order valence-corrected chi connectivity index (χ1v) is 11.5. The van der Waals surface area contributed by atoms with E-state index in [0.717, 1.165) is 11.1 Å². The van der Waals surface area contributed by atoms with Crippen molar-refractivity contribution in [3.05, 3.63) is 87.3 Å². The summed E-state index contributed by atoms with van der Waals surface area (Å²) in [5.41, 5.74) is 2.65. The molecular formula is C26H29N5O3. The SMILES string of the molecule is CCOCCCn1c(=N)c(C(=O)N[C@H](C)c2ccccc2)cc2c(=O)n3cc(C)ccc3nc21. The van der Waals surface area contributed by atoms with Crippen LogP contribution in [-0.4, -0.2) is 33.1 Å². The lowest BCUT2D eigenvalue weighted by atomic mass is 10.1. The van der Waals surface area contributed by atoms with Gasteiger partial charge < -0.3 is 14.6 Å². The highest BCUT2D eigenvalue weighted by Crippen LogP contribution is 2.14. The zero-order valence-electron chi connectivity index (χ0n) is 19.7. The molecule has 1 amide bonds. The van der Waals surface area contributed by atoms with Crippen molar-refractivity contribution < 1.29 is 9.53 Å². The number of benzene rings is 1. The maximum atomic E-state index is 13.4. The topological polar surface area (TPSA) is 101 Å². The molecule has 0 saturated heterocycles. The summed E-state index contributed by atoms with van der Waals surface area (Å²) in [5.74, 6) is -0.407. The molecule has 8 nitrogen and oxygen atoms in total. The Morgan fingerprint density at radius 1 is 1.21 bits per heavy atom. The summed E-state index contributed by atoms with van der Waals surface area (Å²) in [4.78, 5) is 31.3. The third kappa shape index (κ3) is 4.63. The number of carbonyl (C=O) groups is 1. The number of hydrogen-bond acceptors (Lipinski definition) is 5. The number of aryl methyl sites for hydroxylation is 2. The number of hydrogen-bond donors (Lipinski definition) is 2. The maximum Gasteiger partial charge on any atom is 0.267 e. The monoisotopic (exact) mass is 459 g/mol. The van der Waals surface area contributed by atoms with Crippen molar-refractivity contribution in [2.75, 3.05) is 13.2 Å². The van der Waals surface area contributed by atoms with Gasteiger partial charge in [-0.1, -0.05) is 36.4 Å². The molecule has 1 aromatic carbocycles. The number of ether oxygens (including phenoxy) is 1. The van der Waals surface area contributed by atoms with Crippen molar-refractivity contribution in [1.82, 2.24) is 19.3 Å². The first kappa shape index (κ1) is 23.4. The first-order valence-electron chi connectivity index (χ1n) is 11.5. The molecule has 0 bridgehead atoms. The molecule has 3 aromatic heterocycles. The molecule has 0 aliphatic heterocycles. The quantitative estimate of drug-likeness (QED) is 0.312. The van der Waals surface area contributed by atoms with E-state index in [4.69, 9.17) is 10.1 Å². The molecule has 8 heteroatoms.